The van der Waals surface area contributed by atoms with Crippen LogP contribution < -0.4 is 0 Å². The number of aryl methyl sites for hydroxylation is 1. The van der Waals surface area contributed by atoms with Gasteiger partial charge < -0.3 is 9.47 Å². The maximum absolute atomic E-state index is 12.1. The minimum atomic E-state index is -0.471. The number of hydrogen-bond acceptors (Lipinski definition) is 4. The maximum Gasteiger partial charge on any atom is 0.338 e. The molecule has 1 aliphatic rings. The van der Waals surface area contributed by atoms with Crippen molar-refractivity contribution in [2.75, 3.05) is 13.2 Å². The average molecular weight is 443 g/mol. The zero-order valence-corrected chi connectivity index (χ0v) is 20.2. The summed E-state index contributed by atoms with van der Waals surface area (Å²) >= 11 is 0. The number of unbranched alkanes of at least 4 members (excludes halogenated alkanes) is 4. The Bertz CT molecular complexity index is 699. The van der Waals surface area contributed by atoms with Gasteiger partial charge in [-0.2, -0.15) is 0 Å². The summed E-state index contributed by atoms with van der Waals surface area (Å²) in [5, 5.41) is 0. The highest BCUT2D eigenvalue weighted by Crippen LogP contribution is 2.34. The second kappa shape index (κ2) is 14.9. The maximum atomic E-state index is 12.1. The number of rotatable bonds is 14. The fraction of sp³-hybridized carbons (Fsp3) is 0.643. The van der Waals surface area contributed by atoms with Gasteiger partial charge in [-0.1, -0.05) is 89.8 Å². The number of carbonyl (C=O) groups excluding carboxylic acids is 2. The van der Waals surface area contributed by atoms with Gasteiger partial charge in [0.05, 0.1) is 5.56 Å². The van der Waals surface area contributed by atoms with E-state index in [-0.39, 0.29) is 13.2 Å². The van der Waals surface area contributed by atoms with Crippen molar-refractivity contribution >= 4 is 11.9 Å². The molecule has 178 valence electrons. The van der Waals surface area contributed by atoms with Gasteiger partial charge >= 0.3 is 11.9 Å². The summed E-state index contributed by atoms with van der Waals surface area (Å²) < 4.78 is 10.1. The Morgan fingerprint density at radius 3 is 2.09 bits per heavy atom. The van der Waals surface area contributed by atoms with Crippen LogP contribution in [0.2, 0.25) is 0 Å². The highest BCUT2D eigenvalue weighted by molar-refractivity contribution is 5.89. The molecule has 0 atom stereocenters. The summed E-state index contributed by atoms with van der Waals surface area (Å²) in [6.07, 6.45) is 16.3. The van der Waals surface area contributed by atoms with Crippen LogP contribution in [-0.2, 0) is 20.7 Å². The molecule has 0 aliphatic heterocycles. The third kappa shape index (κ3) is 10.0. The molecule has 0 bridgehead atoms. The first-order valence-electron chi connectivity index (χ1n) is 12.6. The van der Waals surface area contributed by atoms with Gasteiger partial charge in [0.1, 0.15) is 13.2 Å². The molecular weight excluding hydrogens is 400 g/mol. The van der Waals surface area contributed by atoms with Crippen LogP contribution in [0.4, 0.5) is 0 Å². The summed E-state index contributed by atoms with van der Waals surface area (Å²) in [4.78, 5) is 23.4. The van der Waals surface area contributed by atoms with E-state index in [1.54, 1.807) is 6.92 Å². The summed E-state index contributed by atoms with van der Waals surface area (Å²) in [5.74, 6) is 0.942. The lowest BCUT2D eigenvalue weighted by Gasteiger charge is -2.28. The van der Waals surface area contributed by atoms with E-state index < -0.39 is 11.9 Å². The first kappa shape index (κ1) is 26.2. The van der Waals surface area contributed by atoms with Crippen molar-refractivity contribution in [2.45, 2.75) is 90.9 Å². The molecule has 0 saturated heterocycles. The molecule has 4 nitrogen and oxygen atoms in total. The van der Waals surface area contributed by atoms with Crippen LogP contribution in [-0.4, -0.2) is 25.2 Å². The lowest BCUT2D eigenvalue weighted by atomic mass is 9.77. The molecule has 1 fully saturated rings. The van der Waals surface area contributed by atoms with E-state index in [2.05, 4.69) is 13.5 Å². The highest BCUT2D eigenvalue weighted by Gasteiger charge is 2.20. The van der Waals surface area contributed by atoms with Crippen LogP contribution in [0.15, 0.2) is 36.4 Å². The third-order valence-corrected chi connectivity index (χ3v) is 6.61. The normalized spacial score (nSPS) is 18.2. The van der Waals surface area contributed by atoms with Gasteiger partial charge in [0, 0.05) is 5.57 Å². The lowest BCUT2D eigenvalue weighted by Crippen LogP contribution is -2.15. The number of esters is 2. The molecule has 1 saturated carbocycles. The Balaban J connectivity index is 1.60. The minimum absolute atomic E-state index is 0.0383. The second-order valence-corrected chi connectivity index (χ2v) is 9.38. The minimum Gasteiger partial charge on any atom is -0.459 e. The number of ether oxygens (including phenoxy) is 2. The van der Waals surface area contributed by atoms with Gasteiger partial charge in [-0.25, -0.2) is 9.59 Å². The van der Waals surface area contributed by atoms with Crippen LogP contribution in [0.3, 0.4) is 0 Å². The van der Waals surface area contributed by atoms with Crippen LogP contribution >= 0.6 is 0 Å². The van der Waals surface area contributed by atoms with E-state index in [0.29, 0.717) is 11.1 Å². The number of benzene rings is 1. The van der Waals surface area contributed by atoms with Crippen LogP contribution in [0.5, 0.6) is 0 Å². The van der Waals surface area contributed by atoms with Crippen LogP contribution in [0.25, 0.3) is 0 Å². The van der Waals surface area contributed by atoms with Crippen LogP contribution in [0, 0.1) is 11.8 Å². The summed E-state index contributed by atoms with van der Waals surface area (Å²) in [7, 11) is 0. The Labute approximate surface area is 194 Å². The standard InChI is InChI=1S/C28H42O4/c1-4-5-6-7-8-9-23-10-12-24(13-11-23)14-15-25-16-18-26(19-17-25)28(30)32-21-20-31-27(29)22(2)3/h16-19,23-24H,2,4-15,20-21H2,1,3H3. The Morgan fingerprint density at radius 2 is 1.47 bits per heavy atom. The Morgan fingerprint density at radius 1 is 0.875 bits per heavy atom. The zero-order valence-electron chi connectivity index (χ0n) is 20.2. The molecule has 2 rings (SSSR count). The van der Waals surface area contributed by atoms with Crippen molar-refractivity contribution in [1.82, 2.24) is 0 Å². The predicted molar refractivity (Wildman–Crippen MR) is 130 cm³/mol. The largest absolute Gasteiger partial charge is 0.459 e. The van der Waals surface area contributed by atoms with Crippen molar-refractivity contribution in [3.05, 3.63) is 47.5 Å². The average Bonchev–Trinajstić information content (AvgIpc) is 2.81. The molecule has 0 spiro atoms. The number of hydrogen-bond donors (Lipinski definition) is 0. The first-order chi connectivity index (χ1) is 15.5. The molecule has 0 heterocycles. The highest BCUT2D eigenvalue weighted by atomic mass is 16.6. The molecule has 4 heteroatoms. The Kier molecular flexibility index (Phi) is 12.2. The van der Waals surface area contributed by atoms with Gasteiger partial charge in [0.15, 0.2) is 0 Å². The Hall–Kier alpha value is -2.10. The fourth-order valence-electron chi connectivity index (χ4n) is 4.50. The van der Waals surface area contributed by atoms with Crippen molar-refractivity contribution < 1.29 is 19.1 Å². The third-order valence-electron chi connectivity index (χ3n) is 6.61. The summed E-state index contributed by atoms with van der Waals surface area (Å²) in [6, 6.07) is 7.71. The molecule has 1 aromatic carbocycles. The molecule has 0 N–H and O–H groups in total. The van der Waals surface area contributed by atoms with Crippen molar-refractivity contribution in [2.24, 2.45) is 11.8 Å². The molecule has 0 aromatic heterocycles. The topological polar surface area (TPSA) is 52.6 Å². The van der Waals surface area contributed by atoms with Gasteiger partial charge in [0.25, 0.3) is 0 Å². The first-order valence-corrected chi connectivity index (χ1v) is 12.6. The molecule has 0 amide bonds. The zero-order chi connectivity index (χ0) is 23.2. The molecule has 1 aromatic rings. The van der Waals surface area contributed by atoms with E-state index in [4.69, 9.17) is 9.47 Å². The predicted octanol–water partition coefficient (Wildman–Crippen LogP) is 7.06. The van der Waals surface area contributed by atoms with Gasteiger partial charge in [-0.3, -0.25) is 0 Å². The quantitative estimate of drug-likeness (QED) is 0.176. The molecular formula is C28H42O4. The molecule has 0 unspecified atom stereocenters. The fourth-order valence-corrected chi connectivity index (χ4v) is 4.50. The van der Waals surface area contributed by atoms with Crippen molar-refractivity contribution in [1.29, 1.82) is 0 Å². The van der Waals surface area contributed by atoms with E-state index in [0.717, 1.165) is 18.3 Å². The van der Waals surface area contributed by atoms with Crippen LogP contribution in [0.1, 0.15) is 100 Å². The second-order valence-electron chi connectivity index (χ2n) is 9.38. The molecule has 1 aliphatic carbocycles. The van der Waals surface area contributed by atoms with Crippen molar-refractivity contribution in [3.63, 3.8) is 0 Å². The SMILES string of the molecule is C=C(C)C(=O)OCCOC(=O)c1ccc(CCC2CCC(CCCCCCC)CC2)cc1. The van der Waals surface area contributed by atoms with Gasteiger partial charge in [-0.15, -0.1) is 0 Å². The molecule has 32 heavy (non-hydrogen) atoms. The van der Waals surface area contributed by atoms with Gasteiger partial charge in [0.2, 0.25) is 0 Å². The lowest BCUT2D eigenvalue weighted by molar-refractivity contribution is -0.140. The van der Waals surface area contributed by atoms with E-state index in [1.807, 2.05) is 24.3 Å². The summed E-state index contributed by atoms with van der Waals surface area (Å²) in [6.45, 7) is 7.45. The van der Waals surface area contributed by atoms with Gasteiger partial charge in [-0.05, 0) is 49.3 Å². The smallest absolute Gasteiger partial charge is 0.338 e. The monoisotopic (exact) mass is 442 g/mol. The van der Waals surface area contributed by atoms with E-state index in [1.165, 1.54) is 76.2 Å². The van der Waals surface area contributed by atoms with E-state index in [9.17, 15) is 9.59 Å². The van der Waals surface area contributed by atoms with Crippen molar-refractivity contribution in [3.8, 4) is 0 Å². The van der Waals surface area contributed by atoms with E-state index >= 15 is 0 Å². The molecule has 0 radical (unpaired) electrons. The summed E-state index contributed by atoms with van der Waals surface area (Å²) in [5.41, 5.74) is 2.13. The number of carbonyl (C=O) groups is 2.